The molecule has 0 unspecified atom stereocenters. The van der Waals surface area contributed by atoms with E-state index in [9.17, 15) is 10.1 Å². The number of rotatable bonds is 5. The van der Waals surface area contributed by atoms with Crippen molar-refractivity contribution in [3.63, 3.8) is 0 Å². The molecule has 2 rings (SSSR count). The minimum absolute atomic E-state index is 0.0540. The van der Waals surface area contributed by atoms with Gasteiger partial charge in [0, 0.05) is 19.6 Å². The smallest absolute Gasteiger partial charge is 0.240 e. The number of carbonyl (C=O) groups excluding carboxylic acids is 1. The van der Waals surface area contributed by atoms with Crippen molar-refractivity contribution in [3.8, 4) is 6.07 Å². The first-order chi connectivity index (χ1) is 9.77. The second kappa shape index (κ2) is 7.61. The molecule has 0 aromatic heterocycles. The predicted molar refractivity (Wildman–Crippen MR) is 76.0 cm³/mol. The summed E-state index contributed by atoms with van der Waals surface area (Å²) in [5.41, 5.74) is -0.753. The van der Waals surface area contributed by atoms with Gasteiger partial charge in [0.25, 0.3) is 0 Å². The number of carbonyl (C=O) groups is 1. The van der Waals surface area contributed by atoms with Gasteiger partial charge >= 0.3 is 0 Å². The molecule has 1 N–H and O–H groups in total. The van der Waals surface area contributed by atoms with Crippen LogP contribution in [0.25, 0.3) is 0 Å². The summed E-state index contributed by atoms with van der Waals surface area (Å²) in [7, 11) is 0. The summed E-state index contributed by atoms with van der Waals surface area (Å²) in [4.78, 5) is 14.6. The molecule has 0 spiro atoms. The fourth-order valence-electron chi connectivity index (χ4n) is 3.04. The van der Waals surface area contributed by atoms with Gasteiger partial charge in [-0.05, 0) is 25.8 Å². The quantitative estimate of drug-likeness (QED) is 0.770. The first-order valence-electron chi connectivity index (χ1n) is 7.76. The van der Waals surface area contributed by atoms with Gasteiger partial charge in [0.05, 0.1) is 19.3 Å². The van der Waals surface area contributed by atoms with Crippen molar-refractivity contribution in [1.29, 1.82) is 5.26 Å². The highest BCUT2D eigenvalue weighted by Crippen LogP contribution is 2.35. The van der Waals surface area contributed by atoms with E-state index >= 15 is 0 Å². The van der Waals surface area contributed by atoms with Crippen molar-refractivity contribution in [2.75, 3.05) is 39.4 Å². The number of hydrogen-bond donors (Lipinski definition) is 1. The molecule has 1 saturated heterocycles. The predicted octanol–water partition coefficient (Wildman–Crippen LogP) is 1.30. The van der Waals surface area contributed by atoms with Crippen LogP contribution in [0.5, 0.6) is 0 Å². The molecular weight excluding hydrogens is 254 g/mol. The third-order valence-electron chi connectivity index (χ3n) is 4.40. The van der Waals surface area contributed by atoms with Crippen LogP contribution < -0.4 is 5.32 Å². The number of nitrogens with one attached hydrogen (secondary N) is 1. The fourth-order valence-corrected chi connectivity index (χ4v) is 3.04. The summed E-state index contributed by atoms with van der Waals surface area (Å²) >= 11 is 0. The molecular formula is C15H25N3O2. The molecule has 1 saturated carbocycles. The maximum absolute atomic E-state index is 12.2. The zero-order chi connectivity index (χ0) is 14.3. The van der Waals surface area contributed by atoms with Crippen LogP contribution in [0.2, 0.25) is 0 Å². The summed E-state index contributed by atoms with van der Waals surface area (Å²) in [5, 5.41) is 12.3. The number of morpholine rings is 1. The van der Waals surface area contributed by atoms with Gasteiger partial charge in [0.2, 0.25) is 5.91 Å². The third kappa shape index (κ3) is 3.94. The maximum atomic E-state index is 12.2. The zero-order valence-corrected chi connectivity index (χ0v) is 12.2. The lowest BCUT2D eigenvalue weighted by atomic mass is 9.74. The molecule has 112 valence electrons. The molecule has 0 atom stereocenters. The molecule has 20 heavy (non-hydrogen) atoms. The van der Waals surface area contributed by atoms with Crippen LogP contribution in [-0.2, 0) is 9.53 Å². The van der Waals surface area contributed by atoms with E-state index < -0.39 is 5.41 Å². The van der Waals surface area contributed by atoms with E-state index in [-0.39, 0.29) is 5.91 Å². The molecule has 0 bridgehead atoms. The molecule has 5 heteroatoms. The van der Waals surface area contributed by atoms with Crippen molar-refractivity contribution in [2.45, 2.75) is 38.5 Å². The Morgan fingerprint density at radius 2 is 1.95 bits per heavy atom. The molecule has 2 fully saturated rings. The first kappa shape index (κ1) is 15.3. The standard InChI is InChI=1S/C15H25N3O2/c16-13-15(5-2-1-3-6-15)14(19)17-7-4-8-18-9-11-20-12-10-18/h1-12H2,(H,17,19). The van der Waals surface area contributed by atoms with E-state index in [1.165, 1.54) is 0 Å². The summed E-state index contributed by atoms with van der Waals surface area (Å²) in [6.45, 7) is 5.24. The Morgan fingerprint density at radius 1 is 1.25 bits per heavy atom. The molecule has 1 amide bonds. The topological polar surface area (TPSA) is 65.4 Å². The van der Waals surface area contributed by atoms with Crippen LogP contribution in [0.1, 0.15) is 38.5 Å². The number of nitriles is 1. The second-order valence-corrected chi connectivity index (χ2v) is 5.82. The number of hydrogen-bond acceptors (Lipinski definition) is 4. The third-order valence-corrected chi connectivity index (χ3v) is 4.40. The van der Waals surface area contributed by atoms with E-state index in [4.69, 9.17) is 4.74 Å². The van der Waals surface area contributed by atoms with Crippen molar-refractivity contribution in [2.24, 2.45) is 5.41 Å². The van der Waals surface area contributed by atoms with E-state index in [1.807, 2.05) is 0 Å². The van der Waals surface area contributed by atoms with Gasteiger partial charge in [-0.25, -0.2) is 0 Å². The minimum atomic E-state index is -0.753. The SMILES string of the molecule is N#CC1(C(=O)NCCCN2CCOCC2)CCCCC1. The summed E-state index contributed by atoms with van der Waals surface area (Å²) in [6.07, 6.45) is 5.52. The van der Waals surface area contributed by atoms with Crippen LogP contribution in [0.4, 0.5) is 0 Å². The zero-order valence-electron chi connectivity index (χ0n) is 12.2. The van der Waals surface area contributed by atoms with Gasteiger partial charge in [0.15, 0.2) is 0 Å². The van der Waals surface area contributed by atoms with E-state index in [0.29, 0.717) is 6.54 Å². The molecule has 1 heterocycles. The van der Waals surface area contributed by atoms with E-state index in [1.54, 1.807) is 0 Å². The molecule has 2 aliphatic rings. The molecule has 0 aromatic rings. The van der Waals surface area contributed by atoms with Crippen LogP contribution in [0.15, 0.2) is 0 Å². The van der Waals surface area contributed by atoms with Crippen molar-refractivity contribution in [1.82, 2.24) is 10.2 Å². The summed E-state index contributed by atoms with van der Waals surface area (Å²) in [5.74, 6) is -0.0540. The average Bonchev–Trinajstić information content (AvgIpc) is 2.53. The highest BCUT2D eigenvalue weighted by atomic mass is 16.5. The van der Waals surface area contributed by atoms with Crippen LogP contribution in [0.3, 0.4) is 0 Å². The van der Waals surface area contributed by atoms with E-state index in [0.717, 1.165) is 71.4 Å². The van der Waals surface area contributed by atoms with Crippen molar-refractivity contribution < 1.29 is 9.53 Å². The van der Waals surface area contributed by atoms with Gasteiger partial charge in [-0.2, -0.15) is 5.26 Å². The van der Waals surface area contributed by atoms with Crippen molar-refractivity contribution >= 4 is 5.91 Å². The van der Waals surface area contributed by atoms with Gasteiger partial charge in [-0.1, -0.05) is 19.3 Å². The first-order valence-corrected chi connectivity index (χ1v) is 7.76. The van der Waals surface area contributed by atoms with Crippen LogP contribution in [-0.4, -0.2) is 50.2 Å². The second-order valence-electron chi connectivity index (χ2n) is 5.82. The highest BCUT2D eigenvalue weighted by molar-refractivity contribution is 5.85. The normalized spacial score (nSPS) is 22.9. The van der Waals surface area contributed by atoms with E-state index in [2.05, 4.69) is 16.3 Å². The van der Waals surface area contributed by atoms with Gasteiger partial charge in [-0.3, -0.25) is 9.69 Å². The molecule has 0 radical (unpaired) electrons. The fraction of sp³-hybridized carbons (Fsp3) is 0.867. The van der Waals surface area contributed by atoms with Gasteiger partial charge < -0.3 is 10.1 Å². The number of ether oxygens (including phenoxy) is 1. The molecule has 1 aliphatic heterocycles. The van der Waals surface area contributed by atoms with Crippen LogP contribution in [0, 0.1) is 16.7 Å². The lowest BCUT2D eigenvalue weighted by molar-refractivity contribution is -0.129. The van der Waals surface area contributed by atoms with Crippen molar-refractivity contribution in [3.05, 3.63) is 0 Å². The van der Waals surface area contributed by atoms with Crippen LogP contribution >= 0.6 is 0 Å². The summed E-state index contributed by atoms with van der Waals surface area (Å²) in [6, 6.07) is 2.27. The lowest BCUT2D eigenvalue weighted by Crippen LogP contribution is -2.43. The Kier molecular flexibility index (Phi) is 5.81. The maximum Gasteiger partial charge on any atom is 0.240 e. The lowest BCUT2D eigenvalue weighted by Gasteiger charge is -2.29. The highest BCUT2D eigenvalue weighted by Gasteiger charge is 2.39. The number of amides is 1. The van der Waals surface area contributed by atoms with Gasteiger partial charge in [0.1, 0.15) is 5.41 Å². The molecule has 1 aliphatic carbocycles. The average molecular weight is 279 g/mol. The Bertz CT molecular complexity index is 353. The molecule has 0 aromatic carbocycles. The van der Waals surface area contributed by atoms with Gasteiger partial charge in [-0.15, -0.1) is 0 Å². The minimum Gasteiger partial charge on any atom is -0.379 e. The Labute approximate surface area is 121 Å². The Morgan fingerprint density at radius 3 is 2.60 bits per heavy atom. The monoisotopic (exact) mass is 279 g/mol. The Hall–Kier alpha value is -1.12. The largest absolute Gasteiger partial charge is 0.379 e. The summed E-state index contributed by atoms with van der Waals surface area (Å²) < 4.78 is 5.30. The number of nitrogens with zero attached hydrogens (tertiary/aromatic N) is 2. The molecule has 5 nitrogen and oxygen atoms in total. The Balaban J connectivity index is 1.67.